The van der Waals surface area contributed by atoms with Crippen LogP contribution >= 0.6 is 0 Å². The average Bonchev–Trinajstić information content (AvgIpc) is 3.12. The summed E-state index contributed by atoms with van der Waals surface area (Å²) in [5.41, 5.74) is 0.787. The maximum absolute atomic E-state index is 9.38. The van der Waals surface area contributed by atoms with Crippen LogP contribution < -0.4 is 5.32 Å². The highest BCUT2D eigenvalue weighted by atomic mass is 16.4. The lowest BCUT2D eigenvalue weighted by Gasteiger charge is -2.35. The smallest absolute Gasteiger partial charge is 0.161 e. The topological polar surface area (TPSA) is 75.5 Å². The fourth-order valence-electron chi connectivity index (χ4n) is 3.17. The minimum Gasteiger partial charge on any atom is -0.463 e. The minimum absolute atomic E-state index is 0.0854. The monoisotopic (exact) mass is 275 g/mol. The maximum Gasteiger partial charge on any atom is 0.161 e. The molecule has 0 aromatic carbocycles. The van der Waals surface area contributed by atoms with E-state index in [1.54, 1.807) is 12.5 Å². The largest absolute Gasteiger partial charge is 0.463 e. The fraction of sp³-hybridized carbons (Fsp3) is 0.400. The molecule has 1 fully saturated rings. The Hall–Kier alpha value is -2.01. The highest BCUT2D eigenvalue weighted by molar-refractivity contribution is 5.89. The molecule has 0 radical (unpaired) electrons. The summed E-state index contributed by atoms with van der Waals surface area (Å²) in [4.78, 5) is 0. The third-order valence-corrected chi connectivity index (χ3v) is 4.28. The molecule has 0 bridgehead atoms. The second-order valence-corrected chi connectivity index (χ2v) is 5.38. The number of quaternary nitrogens is 1. The number of nitrogens with two attached hydrogens (primary N) is 1. The molecule has 20 heavy (non-hydrogen) atoms. The molecule has 2 aromatic rings. The van der Waals surface area contributed by atoms with E-state index in [1.807, 2.05) is 24.3 Å². The summed E-state index contributed by atoms with van der Waals surface area (Å²) in [6.07, 6.45) is 3.34. The molecule has 0 unspecified atom stereocenters. The quantitative estimate of drug-likeness (QED) is 0.652. The molecule has 0 saturated carbocycles. The van der Waals surface area contributed by atoms with Gasteiger partial charge in [-0.05, 0) is 24.3 Å². The van der Waals surface area contributed by atoms with Crippen molar-refractivity contribution in [1.82, 2.24) is 0 Å². The predicted octanol–water partition coefficient (Wildman–Crippen LogP) is 2.33. The van der Waals surface area contributed by atoms with Gasteiger partial charge in [-0.3, -0.25) is 0 Å². The lowest BCUT2D eigenvalue weighted by molar-refractivity contribution is -0.750. The number of piperidine rings is 1. The standard InChI is InChI=1S/C15H18N2O3/c1-9-13(17-18)10(2)15(12-6-4-8-20-12)16-14(9)11-5-3-7-19-11/h3-10,14-16,18H,1-2H3/p+1/t9-,10+,14+,15-. The number of hydrogen-bond acceptors (Lipinski definition) is 4. The van der Waals surface area contributed by atoms with Crippen LogP contribution in [0, 0.1) is 11.8 Å². The van der Waals surface area contributed by atoms with Crippen LogP contribution in [0.1, 0.15) is 37.5 Å². The van der Waals surface area contributed by atoms with Crippen LogP contribution in [0.2, 0.25) is 0 Å². The van der Waals surface area contributed by atoms with Crippen molar-refractivity contribution in [3.63, 3.8) is 0 Å². The summed E-state index contributed by atoms with van der Waals surface area (Å²) in [5.74, 6) is 1.99. The summed E-state index contributed by atoms with van der Waals surface area (Å²) < 4.78 is 11.1. The normalized spacial score (nSPS) is 32.6. The van der Waals surface area contributed by atoms with Crippen molar-refractivity contribution < 1.29 is 19.4 Å². The molecule has 106 valence electrons. The number of nitrogens with zero attached hydrogens (tertiary/aromatic N) is 1. The molecule has 0 aliphatic carbocycles. The van der Waals surface area contributed by atoms with E-state index < -0.39 is 0 Å². The Morgan fingerprint density at radius 1 is 1.00 bits per heavy atom. The first-order valence-electron chi connectivity index (χ1n) is 6.86. The zero-order valence-corrected chi connectivity index (χ0v) is 11.6. The lowest BCUT2D eigenvalue weighted by atomic mass is 9.78. The van der Waals surface area contributed by atoms with Gasteiger partial charge in [-0.1, -0.05) is 19.0 Å². The lowest BCUT2D eigenvalue weighted by Crippen LogP contribution is -2.91. The van der Waals surface area contributed by atoms with Crippen LogP contribution in [0.5, 0.6) is 0 Å². The third-order valence-electron chi connectivity index (χ3n) is 4.28. The van der Waals surface area contributed by atoms with Gasteiger partial charge in [0.1, 0.15) is 0 Å². The van der Waals surface area contributed by atoms with Crippen molar-refractivity contribution in [2.24, 2.45) is 17.0 Å². The van der Waals surface area contributed by atoms with Crippen molar-refractivity contribution in [3.05, 3.63) is 48.3 Å². The molecule has 1 saturated heterocycles. The van der Waals surface area contributed by atoms with Crippen molar-refractivity contribution in [3.8, 4) is 0 Å². The molecule has 2 aromatic heterocycles. The van der Waals surface area contributed by atoms with Gasteiger partial charge < -0.3 is 19.4 Å². The Kier molecular flexibility index (Phi) is 3.36. The van der Waals surface area contributed by atoms with E-state index in [4.69, 9.17) is 8.83 Å². The van der Waals surface area contributed by atoms with Gasteiger partial charge in [-0.25, -0.2) is 0 Å². The summed E-state index contributed by atoms with van der Waals surface area (Å²) in [5, 5.41) is 15.2. The van der Waals surface area contributed by atoms with Gasteiger partial charge in [-0.15, -0.1) is 0 Å². The first-order valence-corrected chi connectivity index (χ1v) is 6.86. The second-order valence-electron chi connectivity index (χ2n) is 5.38. The predicted molar refractivity (Wildman–Crippen MR) is 72.4 cm³/mol. The molecule has 1 aliphatic rings. The van der Waals surface area contributed by atoms with E-state index >= 15 is 0 Å². The number of rotatable bonds is 2. The summed E-state index contributed by atoms with van der Waals surface area (Å²) in [7, 11) is 0. The zero-order chi connectivity index (χ0) is 14.1. The molecule has 4 atom stereocenters. The molecule has 5 nitrogen and oxygen atoms in total. The molecule has 1 aliphatic heterocycles. The van der Waals surface area contributed by atoms with E-state index in [0.717, 1.165) is 17.2 Å². The van der Waals surface area contributed by atoms with E-state index in [2.05, 4.69) is 24.3 Å². The highest BCUT2D eigenvalue weighted by Gasteiger charge is 2.45. The van der Waals surface area contributed by atoms with Crippen LogP contribution in [-0.2, 0) is 0 Å². The van der Waals surface area contributed by atoms with Gasteiger partial charge in [-0.2, -0.15) is 0 Å². The van der Waals surface area contributed by atoms with Gasteiger partial charge in [0.15, 0.2) is 23.6 Å². The van der Waals surface area contributed by atoms with E-state index in [0.29, 0.717) is 0 Å². The molecule has 0 spiro atoms. The summed E-state index contributed by atoms with van der Waals surface area (Å²) >= 11 is 0. The van der Waals surface area contributed by atoms with Gasteiger partial charge >= 0.3 is 0 Å². The maximum atomic E-state index is 9.38. The van der Waals surface area contributed by atoms with Gasteiger partial charge in [0.05, 0.1) is 30.1 Å². The Balaban J connectivity index is 1.97. The van der Waals surface area contributed by atoms with Crippen molar-refractivity contribution in [2.75, 3.05) is 0 Å². The highest BCUT2D eigenvalue weighted by Crippen LogP contribution is 2.33. The molecular weight excluding hydrogens is 256 g/mol. The van der Waals surface area contributed by atoms with Crippen molar-refractivity contribution >= 4 is 5.71 Å². The van der Waals surface area contributed by atoms with Gasteiger partial charge in [0.25, 0.3) is 0 Å². The number of oxime groups is 1. The van der Waals surface area contributed by atoms with Crippen LogP contribution in [-0.4, -0.2) is 10.9 Å². The van der Waals surface area contributed by atoms with E-state index in [-0.39, 0.29) is 23.9 Å². The Morgan fingerprint density at radius 2 is 1.50 bits per heavy atom. The van der Waals surface area contributed by atoms with Gasteiger partial charge in [0, 0.05) is 0 Å². The Labute approximate surface area is 117 Å². The van der Waals surface area contributed by atoms with Crippen LogP contribution in [0.25, 0.3) is 0 Å². The first kappa shape index (κ1) is 13.0. The second kappa shape index (κ2) is 5.17. The molecule has 3 N–H and O–H groups in total. The van der Waals surface area contributed by atoms with Crippen molar-refractivity contribution in [1.29, 1.82) is 0 Å². The minimum atomic E-state index is 0.0854. The molecule has 3 rings (SSSR count). The first-order chi connectivity index (χ1) is 9.72. The van der Waals surface area contributed by atoms with E-state index in [1.165, 1.54) is 0 Å². The van der Waals surface area contributed by atoms with Crippen molar-refractivity contribution in [2.45, 2.75) is 25.9 Å². The SMILES string of the molecule is C[C@@H]1C(=NO)[C@H](C)[C@H](c2ccco2)[NH2+][C@@H]1c1ccco1. The van der Waals surface area contributed by atoms with Crippen LogP contribution in [0.15, 0.2) is 50.8 Å². The zero-order valence-electron chi connectivity index (χ0n) is 11.6. The Morgan fingerprint density at radius 3 is 1.85 bits per heavy atom. The van der Waals surface area contributed by atoms with Crippen LogP contribution in [0.4, 0.5) is 0 Å². The third kappa shape index (κ3) is 2.04. The van der Waals surface area contributed by atoms with Gasteiger partial charge in [0.2, 0.25) is 0 Å². The average molecular weight is 275 g/mol. The summed E-state index contributed by atoms with van der Waals surface area (Å²) in [6, 6.07) is 7.85. The van der Waals surface area contributed by atoms with Crippen LogP contribution in [0.3, 0.4) is 0 Å². The molecule has 5 heteroatoms. The molecule has 0 amide bonds. The summed E-state index contributed by atoms with van der Waals surface area (Å²) in [6.45, 7) is 4.13. The molecular formula is C15H19N2O3+. The number of furan rings is 2. The fourth-order valence-corrected chi connectivity index (χ4v) is 3.17. The number of hydrogen-bond donors (Lipinski definition) is 2. The molecule has 3 heterocycles. The Bertz CT molecular complexity index is 526. The van der Waals surface area contributed by atoms with E-state index in [9.17, 15) is 5.21 Å².